The SMILES string of the molecule is CC1=C(C(=O)N2CCC[C@@H](CCC(=O)N3CCOCC3)C2)SC2=NCCN21. The number of carbonyl (C=O) groups excluding carboxylic acids is 2. The molecule has 0 aromatic heterocycles. The van der Waals surface area contributed by atoms with Gasteiger partial charge in [-0.05, 0) is 43.9 Å². The molecule has 0 saturated carbocycles. The van der Waals surface area contributed by atoms with E-state index in [0.29, 0.717) is 38.6 Å². The number of amides is 2. The van der Waals surface area contributed by atoms with Gasteiger partial charge in [-0.3, -0.25) is 14.6 Å². The fraction of sp³-hybridized carbons (Fsp3) is 0.737. The van der Waals surface area contributed by atoms with Crippen LogP contribution >= 0.6 is 11.8 Å². The highest BCUT2D eigenvalue weighted by Gasteiger charge is 2.36. The summed E-state index contributed by atoms with van der Waals surface area (Å²) < 4.78 is 5.31. The Morgan fingerprint density at radius 3 is 2.78 bits per heavy atom. The van der Waals surface area contributed by atoms with Gasteiger partial charge < -0.3 is 19.4 Å². The molecule has 0 aliphatic carbocycles. The molecule has 7 nitrogen and oxygen atoms in total. The van der Waals surface area contributed by atoms with Crippen LogP contribution in [0.5, 0.6) is 0 Å². The topological polar surface area (TPSA) is 65.5 Å². The largest absolute Gasteiger partial charge is 0.378 e. The fourth-order valence-corrected chi connectivity index (χ4v) is 5.39. The number of nitrogens with zero attached hydrogens (tertiary/aromatic N) is 4. The zero-order valence-corrected chi connectivity index (χ0v) is 16.8. The zero-order chi connectivity index (χ0) is 18.8. The maximum Gasteiger partial charge on any atom is 0.262 e. The molecule has 0 aromatic rings. The Hall–Kier alpha value is -1.54. The first-order chi connectivity index (χ1) is 13.1. The quantitative estimate of drug-likeness (QED) is 0.726. The molecule has 148 valence electrons. The number of allylic oxidation sites excluding steroid dienone is 1. The zero-order valence-electron chi connectivity index (χ0n) is 16.0. The summed E-state index contributed by atoms with van der Waals surface area (Å²) in [6, 6.07) is 0. The summed E-state index contributed by atoms with van der Waals surface area (Å²) in [4.78, 5) is 36.8. The normalized spacial score (nSPS) is 25.7. The van der Waals surface area contributed by atoms with Gasteiger partial charge in [0, 0.05) is 44.8 Å². The molecule has 4 aliphatic rings. The Labute approximate surface area is 164 Å². The first-order valence-corrected chi connectivity index (χ1v) is 10.8. The average Bonchev–Trinajstić information content (AvgIpc) is 3.29. The fourth-order valence-electron chi connectivity index (χ4n) is 4.24. The van der Waals surface area contributed by atoms with Crippen LogP contribution in [0.25, 0.3) is 0 Å². The number of rotatable bonds is 4. The van der Waals surface area contributed by atoms with E-state index >= 15 is 0 Å². The molecular weight excluding hydrogens is 364 g/mol. The minimum absolute atomic E-state index is 0.138. The molecule has 0 spiro atoms. The number of thioether (sulfide) groups is 1. The van der Waals surface area contributed by atoms with E-state index in [1.54, 1.807) is 0 Å². The maximum absolute atomic E-state index is 13.0. The number of carbonyl (C=O) groups is 2. The lowest BCUT2D eigenvalue weighted by Crippen LogP contribution is -2.42. The van der Waals surface area contributed by atoms with E-state index in [-0.39, 0.29) is 11.8 Å². The third-order valence-corrected chi connectivity index (χ3v) is 7.07. The van der Waals surface area contributed by atoms with Crippen LogP contribution in [0.1, 0.15) is 32.6 Å². The van der Waals surface area contributed by atoms with E-state index in [4.69, 9.17) is 4.74 Å². The summed E-state index contributed by atoms with van der Waals surface area (Å²) in [6.07, 6.45) is 3.56. The van der Waals surface area contributed by atoms with Crippen molar-refractivity contribution in [1.82, 2.24) is 14.7 Å². The first-order valence-electron chi connectivity index (χ1n) is 9.99. The molecule has 0 unspecified atom stereocenters. The number of hydrogen-bond acceptors (Lipinski definition) is 6. The van der Waals surface area contributed by atoms with Crippen LogP contribution in [-0.4, -0.2) is 84.2 Å². The number of fused-ring (bicyclic) bond motifs is 1. The lowest BCUT2D eigenvalue weighted by atomic mass is 9.93. The molecule has 4 aliphatic heterocycles. The lowest BCUT2D eigenvalue weighted by Gasteiger charge is -2.33. The number of hydrogen-bond donors (Lipinski definition) is 0. The van der Waals surface area contributed by atoms with Crippen LogP contribution in [0.15, 0.2) is 15.6 Å². The number of piperidine rings is 1. The second-order valence-electron chi connectivity index (χ2n) is 7.62. The second-order valence-corrected chi connectivity index (χ2v) is 8.60. The van der Waals surface area contributed by atoms with Crippen molar-refractivity contribution in [2.24, 2.45) is 10.9 Å². The van der Waals surface area contributed by atoms with Crippen molar-refractivity contribution >= 4 is 28.7 Å². The molecule has 4 heterocycles. The number of ether oxygens (including phenoxy) is 1. The Kier molecular flexibility index (Phi) is 5.73. The molecule has 2 saturated heterocycles. The van der Waals surface area contributed by atoms with Crippen molar-refractivity contribution in [1.29, 1.82) is 0 Å². The molecular formula is C19H28N4O3S. The van der Waals surface area contributed by atoms with E-state index in [9.17, 15) is 9.59 Å². The third-order valence-electron chi connectivity index (χ3n) is 5.86. The molecule has 0 radical (unpaired) electrons. The molecule has 8 heteroatoms. The molecule has 0 N–H and O–H groups in total. The van der Waals surface area contributed by atoms with Crippen LogP contribution in [-0.2, 0) is 14.3 Å². The Bertz CT molecular complexity index is 672. The maximum atomic E-state index is 13.0. The van der Waals surface area contributed by atoms with Gasteiger partial charge in [0.05, 0.1) is 24.7 Å². The number of amidine groups is 1. The van der Waals surface area contributed by atoms with Crippen molar-refractivity contribution in [3.05, 3.63) is 10.6 Å². The van der Waals surface area contributed by atoms with Crippen LogP contribution in [0.2, 0.25) is 0 Å². The van der Waals surface area contributed by atoms with Crippen LogP contribution in [0, 0.1) is 5.92 Å². The van der Waals surface area contributed by atoms with Crippen molar-refractivity contribution in [2.75, 3.05) is 52.5 Å². The van der Waals surface area contributed by atoms with Gasteiger partial charge >= 0.3 is 0 Å². The van der Waals surface area contributed by atoms with Gasteiger partial charge in [0.1, 0.15) is 0 Å². The van der Waals surface area contributed by atoms with Gasteiger partial charge in [-0.25, -0.2) is 0 Å². The van der Waals surface area contributed by atoms with Gasteiger partial charge in [-0.2, -0.15) is 0 Å². The molecule has 27 heavy (non-hydrogen) atoms. The number of morpholine rings is 1. The third kappa shape index (κ3) is 4.01. The molecule has 2 fully saturated rings. The van der Waals surface area contributed by atoms with Crippen molar-refractivity contribution in [2.45, 2.75) is 32.6 Å². The number of likely N-dealkylation sites (tertiary alicyclic amines) is 1. The lowest BCUT2D eigenvalue weighted by molar-refractivity contribution is -0.135. The van der Waals surface area contributed by atoms with Crippen molar-refractivity contribution < 1.29 is 14.3 Å². The summed E-state index contributed by atoms with van der Waals surface area (Å²) in [5.74, 6) is 0.779. The van der Waals surface area contributed by atoms with E-state index in [2.05, 4.69) is 9.89 Å². The molecule has 0 bridgehead atoms. The van der Waals surface area contributed by atoms with Gasteiger partial charge in [-0.1, -0.05) is 0 Å². The summed E-state index contributed by atoms with van der Waals surface area (Å²) >= 11 is 1.52. The highest BCUT2D eigenvalue weighted by molar-refractivity contribution is 8.18. The molecule has 0 aromatic carbocycles. The van der Waals surface area contributed by atoms with Gasteiger partial charge in [0.25, 0.3) is 5.91 Å². The van der Waals surface area contributed by atoms with E-state index in [1.807, 2.05) is 16.7 Å². The highest BCUT2D eigenvalue weighted by atomic mass is 32.2. The van der Waals surface area contributed by atoms with Crippen LogP contribution in [0.4, 0.5) is 0 Å². The predicted molar refractivity (Wildman–Crippen MR) is 105 cm³/mol. The Morgan fingerprint density at radius 1 is 1.19 bits per heavy atom. The summed E-state index contributed by atoms with van der Waals surface area (Å²) in [6.45, 7) is 8.02. The molecule has 1 atom stereocenters. The number of aliphatic imine (C=N–C) groups is 1. The standard InChI is InChI=1S/C19H28N4O3S/c1-14-17(27-19-20-6-8-23(14)19)18(25)22-7-2-3-15(13-22)4-5-16(24)21-9-11-26-12-10-21/h15H,2-13H2,1H3/t15-/m0/s1. The minimum Gasteiger partial charge on any atom is -0.378 e. The molecule has 2 amide bonds. The molecule has 4 rings (SSSR count). The van der Waals surface area contributed by atoms with Crippen LogP contribution in [0.3, 0.4) is 0 Å². The van der Waals surface area contributed by atoms with Gasteiger partial charge in [0.15, 0.2) is 5.17 Å². The van der Waals surface area contributed by atoms with Crippen molar-refractivity contribution in [3.8, 4) is 0 Å². The van der Waals surface area contributed by atoms with E-state index in [0.717, 1.165) is 61.2 Å². The average molecular weight is 393 g/mol. The first kappa shape index (κ1) is 18.8. The van der Waals surface area contributed by atoms with Gasteiger partial charge in [0.2, 0.25) is 5.91 Å². The van der Waals surface area contributed by atoms with Crippen molar-refractivity contribution in [3.63, 3.8) is 0 Å². The minimum atomic E-state index is 0.138. The summed E-state index contributed by atoms with van der Waals surface area (Å²) in [5, 5.41) is 0.973. The van der Waals surface area contributed by atoms with E-state index in [1.165, 1.54) is 11.8 Å². The smallest absolute Gasteiger partial charge is 0.262 e. The van der Waals surface area contributed by atoms with E-state index < -0.39 is 0 Å². The summed E-state index contributed by atoms with van der Waals surface area (Å²) in [7, 11) is 0. The second kappa shape index (κ2) is 8.22. The Morgan fingerprint density at radius 2 is 2.00 bits per heavy atom. The van der Waals surface area contributed by atoms with Gasteiger partial charge in [-0.15, -0.1) is 0 Å². The summed E-state index contributed by atoms with van der Waals surface area (Å²) in [5.41, 5.74) is 1.05. The predicted octanol–water partition coefficient (Wildman–Crippen LogP) is 1.51. The van der Waals surface area contributed by atoms with Crippen LogP contribution < -0.4 is 0 Å². The highest BCUT2D eigenvalue weighted by Crippen LogP contribution is 2.38. The monoisotopic (exact) mass is 392 g/mol. The Balaban J connectivity index is 1.30.